The molecule has 0 unspecified atom stereocenters. The zero-order valence-corrected chi connectivity index (χ0v) is 17.3. The van der Waals surface area contributed by atoms with Crippen molar-refractivity contribution in [3.8, 4) is 5.75 Å². The molecule has 0 spiro atoms. The van der Waals surface area contributed by atoms with Crippen LogP contribution >= 0.6 is 11.6 Å². The lowest BCUT2D eigenvalue weighted by Crippen LogP contribution is -2.42. The Morgan fingerprint density at radius 3 is 2.10 bits per heavy atom. The Kier molecular flexibility index (Phi) is 7.92. The number of nitrogens with zero attached hydrogens (tertiary/aromatic N) is 1. The van der Waals surface area contributed by atoms with E-state index in [1.807, 2.05) is 31.2 Å². The molecule has 3 aromatic rings. The maximum Gasteiger partial charge on any atom is 0.267 e. The quantitative estimate of drug-likeness (QED) is 0.576. The van der Waals surface area contributed by atoms with Crippen molar-refractivity contribution < 1.29 is 14.3 Å². The van der Waals surface area contributed by atoms with Crippen LogP contribution < -0.4 is 10.1 Å². The van der Waals surface area contributed by atoms with Gasteiger partial charge in [-0.05, 0) is 69.3 Å². The summed E-state index contributed by atoms with van der Waals surface area (Å²) < 4.78 is 5.69. The largest absolute Gasteiger partial charge is 0.478 e. The molecule has 0 aliphatic carbocycles. The van der Waals surface area contributed by atoms with E-state index >= 15 is 0 Å². The van der Waals surface area contributed by atoms with Crippen molar-refractivity contribution in [2.45, 2.75) is 26.4 Å². The van der Waals surface area contributed by atoms with Crippen molar-refractivity contribution in [2.24, 2.45) is 0 Å². The van der Waals surface area contributed by atoms with Crippen molar-refractivity contribution in [3.05, 3.63) is 89.2 Å². The molecule has 0 bridgehead atoms. The first-order chi connectivity index (χ1) is 13.8. The first-order valence-corrected chi connectivity index (χ1v) is 9.36. The second-order valence-corrected chi connectivity index (χ2v) is 7.22. The number of pyridine rings is 1. The Morgan fingerprint density at radius 2 is 1.59 bits per heavy atom. The van der Waals surface area contributed by atoms with Gasteiger partial charge in [0.25, 0.3) is 5.91 Å². The molecule has 150 valence electrons. The molecule has 0 aliphatic rings. The summed E-state index contributed by atoms with van der Waals surface area (Å²) in [6.45, 7) is 5.39. The van der Waals surface area contributed by atoms with Crippen LogP contribution in [0.25, 0.3) is 0 Å². The van der Waals surface area contributed by atoms with Crippen molar-refractivity contribution >= 4 is 29.5 Å². The van der Waals surface area contributed by atoms with Gasteiger partial charge >= 0.3 is 0 Å². The van der Waals surface area contributed by atoms with E-state index in [2.05, 4.69) is 10.3 Å². The van der Waals surface area contributed by atoms with Crippen LogP contribution in [0.15, 0.2) is 73.1 Å². The maximum absolute atomic E-state index is 12.2. The second-order valence-electron chi connectivity index (χ2n) is 6.78. The topological polar surface area (TPSA) is 68.3 Å². The van der Waals surface area contributed by atoms with E-state index in [0.717, 1.165) is 11.3 Å². The highest BCUT2D eigenvalue weighted by atomic mass is 35.5. The molecule has 0 fully saturated rings. The number of aromatic nitrogens is 1. The number of carbonyl (C=O) groups is 2. The molecule has 1 heterocycles. The number of carbonyl (C=O) groups excluding carboxylic acids is 2. The number of hydrogen-bond acceptors (Lipinski definition) is 4. The Labute approximate surface area is 175 Å². The van der Waals surface area contributed by atoms with Crippen LogP contribution in [0, 0.1) is 6.92 Å². The number of benzene rings is 2. The van der Waals surface area contributed by atoms with Crippen LogP contribution in [0.4, 0.5) is 5.69 Å². The summed E-state index contributed by atoms with van der Waals surface area (Å²) in [5.41, 5.74) is 1.41. The van der Waals surface area contributed by atoms with Gasteiger partial charge in [-0.2, -0.15) is 0 Å². The molecule has 2 aromatic carbocycles. The lowest BCUT2D eigenvalue weighted by atomic mass is 10.1. The molecule has 1 aromatic heterocycles. The highest BCUT2D eigenvalue weighted by Crippen LogP contribution is 2.20. The fourth-order valence-corrected chi connectivity index (χ4v) is 2.33. The molecule has 0 aliphatic heterocycles. The van der Waals surface area contributed by atoms with Gasteiger partial charge in [0.15, 0.2) is 5.60 Å². The van der Waals surface area contributed by atoms with Gasteiger partial charge in [-0.25, -0.2) is 0 Å². The lowest BCUT2D eigenvalue weighted by molar-refractivity contribution is -0.128. The molecule has 3 rings (SSSR count). The van der Waals surface area contributed by atoms with Crippen LogP contribution in [0.3, 0.4) is 0 Å². The monoisotopic (exact) mass is 410 g/mol. The summed E-state index contributed by atoms with van der Waals surface area (Å²) in [5, 5.41) is 3.57. The van der Waals surface area contributed by atoms with Gasteiger partial charge in [-0.3, -0.25) is 14.6 Å². The molecule has 0 saturated carbocycles. The van der Waals surface area contributed by atoms with E-state index in [9.17, 15) is 9.59 Å². The van der Waals surface area contributed by atoms with Crippen molar-refractivity contribution in [1.82, 2.24) is 4.98 Å². The van der Waals surface area contributed by atoms with E-state index < -0.39 is 5.60 Å². The van der Waals surface area contributed by atoms with Crippen molar-refractivity contribution in [2.75, 3.05) is 5.32 Å². The molecule has 29 heavy (non-hydrogen) atoms. The van der Waals surface area contributed by atoms with Gasteiger partial charge in [0.2, 0.25) is 0 Å². The first-order valence-electron chi connectivity index (χ1n) is 8.98. The minimum absolute atomic E-state index is 0.270. The highest BCUT2D eigenvalue weighted by Gasteiger charge is 2.30. The molecule has 1 amide bonds. The lowest BCUT2D eigenvalue weighted by Gasteiger charge is -2.25. The molecule has 6 heteroatoms. The molecule has 0 radical (unpaired) electrons. The number of rotatable bonds is 5. The minimum Gasteiger partial charge on any atom is -0.478 e. The van der Waals surface area contributed by atoms with E-state index in [4.69, 9.17) is 16.3 Å². The van der Waals surface area contributed by atoms with Crippen LogP contribution in [0.2, 0.25) is 5.02 Å². The molecular weight excluding hydrogens is 388 g/mol. The smallest absolute Gasteiger partial charge is 0.267 e. The van der Waals surface area contributed by atoms with Crippen LogP contribution in [0.5, 0.6) is 5.75 Å². The van der Waals surface area contributed by atoms with Gasteiger partial charge in [-0.15, -0.1) is 0 Å². The number of ether oxygens (including phenoxy) is 1. The van der Waals surface area contributed by atoms with Gasteiger partial charge in [0, 0.05) is 28.7 Å². The van der Waals surface area contributed by atoms with E-state index in [1.54, 1.807) is 62.6 Å². The Balaban J connectivity index is 0.000000313. The van der Waals surface area contributed by atoms with Gasteiger partial charge in [-0.1, -0.05) is 29.3 Å². The zero-order valence-electron chi connectivity index (χ0n) is 16.6. The summed E-state index contributed by atoms with van der Waals surface area (Å²) >= 11 is 5.61. The number of nitrogens with one attached hydrogen (secondary N) is 1. The Bertz CT molecular complexity index is 904. The Morgan fingerprint density at radius 1 is 1.00 bits per heavy atom. The first kappa shape index (κ1) is 22.1. The molecule has 1 N–H and O–H groups in total. The summed E-state index contributed by atoms with van der Waals surface area (Å²) in [7, 11) is 0. The normalized spacial score (nSPS) is 10.3. The number of anilines is 1. The summed E-state index contributed by atoms with van der Waals surface area (Å²) in [4.78, 5) is 26.7. The fraction of sp³-hybridized carbons (Fsp3) is 0.174. The van der Waals surface area contributed by atoms with Crippen LogP contribution in [-0.4, -0.2) is 22.8 Å². The molecule has 0 saturated heterocycles. The average molecular weight is 411 g/mol. The summed E-state index contributed by atoms with van der Waals surface area (Å²) in [5.74, 6) is 0.253. The predicted molar refractivity (Wildman–Crippen MR) is 116 cm³/mol. The third-order valence-corrected chi connectivity index (χ3v) is 4.14. The van der Waals surface area contributed by atoms with Gasteiger partial charge in [0.1, 0.15) is 12.0 Å². The average Bonchev–Trinajstić information content (AvgIpc) is 2.72. The standard InChI is InChI=1S/C16H16N2O3.C7H7Cl/c1-16(2,15(20)18-13-7-9-17-10-8-13)21-14-5-3-12(11-19)4-6-14;1-6-2-4-7(8)5-3-6/h3-11H,1-2H3,(H,17,18,20);2-5H,1H3. The molecule has 0 atom stereocenters. The summed E-state index contributed by atoms with van der Waals surface area (Å²) in [6, 6.07) is 17.7. The number of halogens is 1. The number of hydrogen-bond donors (Lipinski definition) is 1. The predicted octanol–water partition coefficient (Wildman–Crippen LogP) is 5.34. The molecular formula is C23H23ClN2O3. The van der Waals surface area contributed by atoms with Crippen LogP contribution in [0.1, 0.15) is 29.8 Å². The minimum atomic E-state index is -1.05. The van der Waals surface area contributed by atoms with E-state index in [-0.39, 0.29) is 5.91 Å². The third kappa shape index (κ3) is 7.39. The summed E-state index contributed by atoms with van der Waals surface area (Å²) in [6.07, 6.45) is 3.95. The number of amides is 1. The SMILES string of the molecule is CC(C)(Oc1ccc(C=O)cc1)C(=O)Nc1ccncc1.Cc1ccc(Cl)cc1. The van der Waals surface area contributed by atoms with E-state index in [1.165, 1.54) is 5.56 Å². The van der Waals surface area contributed by atoms with Crippen molar-refractivity contribution in [3.63, 3.8) is 0 Å². The number of aldehydes is 1. The maximum atomic E-state index is 12.2. The van der Waals surface area contributed by atoms with Crippen molar-refractivity contribution in [1.29, 1.82) is 0 Å². The fourth-order valence-electron chi connectivity index (χ4n) is 2.21. The van der Waals surface area contributed by atoms with Gasteiger partial charge in [0.05, 0.1) is 0 Å². The molecule has 5 nitrogen and oxygen atoms in total. The Hall–Kier alpha value is -3.18. The third-order valence-electron chi connectivity index (χ3n) is 3.89. The highest BCUT2D eigenvalue weighted by molar-refractivity contribution is 6.30. The van der Waals surface area contributed by atoms with E-state index in [0.29, 0.717) is 17.0 Å². The second kappa shape index (κ2) is 10.4. The number of aryl methyl sites for hydroxylation is 1. The van der Waals surface area contributed by atoms with Gasteiger partial charge < -0.3 is 10.1 Å². The van der Waals surface area contributed by atoms with Crippen LogP contribution in [-0.2, 0) is 4.79 Å². The zero-order chi connectivity index (χ0) is 21.3.